The second kappa shape index (κ2) is 11.4. The number of aromatic nitrogens is 1. The van der Waals surface area contributed by atoms with Crippen molar-refractivity contribution in [3.05, 3.63) is 164 Å². The van der Waals surface area contributed by atoms with Crippen LogP contribution in [0.4, 0.5) is 17.1 Å². The molecule has 8 aromatic rings. The van der Waals surface area contributed by atoms with E-state index in [-0.39, 0.29) is 7.69 Å². The third-order valence-corrected chi connectivity index (χ3v) is 8.46. The Hall–Kier alpha value is -5.78. The van der Waals surface area contributed by atoms with E-state index in [1.54, 1.807) is 0 Å². The normalized spacial score (nSPS) is 11.2. The van der Waals surface area contributed by atoms with Gasteiger partial charge in [-0.15, -0.1) is 0 Å². The van der Waals surface area contributed by atoms with E-state index >= 15 is 0 Å². The van der Waals surface area contributed by atoms with E-state index in [4.69, 9.17) is 4.65 Å². The zero-order valence-corrected chi connectivity index (χ0v) is 24.5. The topological polar surface area (TPSA) is 37.6 Å². The van der Waals surface area contributed by atoms with E-state index in [1.807, 2.05) is 24.3 Å². The van der Waals surface area contributed by atoms with E-state index in [1.165, 1.54) is 38.1 Å². The van der Waals surface area contributed by atoms with Gasteiger partial charge in [0.15, 0.2) is 0 Å². The van der Waals surface area contributed by atoms with Crippen molar-refractivity contribution in [1.82, 2.24) is 4.57 Å². The summed E-state index contributed by atoms with van der Waals surface area (Å²) in [5, 5.41) is 14.1. The Bertz CT molecular complexity index is 2280. The van der Waals surface area contributed by atoms with Gasteiger partial charge in [-0.25, -0.2) is 0 Å². The largest absolute Gasteiger partial charge is 0.539 e. The molecule has 0 aliphatic rings. The van der Waals surface area contributed by atoms with Crippen LogP contribution in [-0.2, 0) is 0 Å². The van der Waals surface area contributed by atoms with Gasteiger partial charge in [-0.2, -0.15) is 0 Å². The fraction of sp³-hybridized carbons (Fsp3) is 0. The SMILES string of the molecule is OBOc1ccc(N(c2ccc(-c3ccc4c(c3)c3ccccc3n4-c3ccccc3)cc2)c2ccc3ccccc3c2)cc1. The molecule has 0 aliphatic carbocycles. The Morgan fingerprint density at radius 3 is 1.89 bits per heavy atom. The summed E-state index contributed by atoms with van der Waals surface area (Å²) in [7, 11) is -0.353. The number of fused-ring (bicyclic) bond motifs is 4. The highest BCUT2D eigenvalue weighted by Gasteiger charge is 2.16. The van der Waals surface area contributed by atoms with Gasteiger partial charge in [0, 0.05) is 33.5 Å². The molecular weight excluding hydrogens is 551 g/mol. The van der Waals surface area contributed by atoms with E-state index < -0.39 is 0 Å². The number of benzene rings is 7. The lowest BCUT2D eigenvalue weighted by Crippen LogP contribution is -2.10. The first kappa shape index (κ1) is 26.8. The van der Waals surface area contributed by atoms with Gasteiger partial charge in [-0.3, -0.25) is 0 Å². The summed E-state index contributed by atoms with van der Waals surface area (Å²) in [6, 6.07) is 57.5. The minimum atomic E-state index is -0.353. The van der Waals surface area contributed by atoms with Gasteiger partial charge in [-0.1, -0.05) is 84.9 Å². The highest BCUT2D eigenvalue weighted by molar-refractivity contribution is 6.17. The van der Waals surface area contributed by atoms with E-state index in [0.717, 1.165) is 28.3 Å². The fourth-order valence-electron chi connectivity index (χ4n) is 6.34. The number of hydrogen-bond donors (Lipinski definition) is 1. The highest BCUT2D eigenvalue weighted by atomic mass is 16.5. The Labute approximate surface area is 262 Å². The molecule has 0 saturated heterocycles. The van der Waals surface area contributed by atoms with Crippen molar-refractivity contribution in [2.24, 2.45) is 0 Å². The average molecular weight is 580 g/mol. The number of para-hydroxylation sites is 2. The fourth-order valence-corrected chi connectivity index (χ4v) is 6.34. The molecule has 1 heterocycles. The van der Waals surface area contributed by atoms with Crippen LogP contribution in [0.3, 0.4) is 0 Å². The van der Waals surface area contributed by atoms with Gasteiger partial charge >= 0.3 is 7.69 Å². The molecule has 45 heavy (non-hydrogen) atoms. The van der Waals surface area contributed by atoms with Crippen molar-refractivity contribution in [2.75, 3.05) is 4.90 Å². The van der Waals surface area contributed by atoms with Crippen LogP contribution in [0.2, 0.25) is 0 Å². The summed E-state index contributed by atoms with van der Waals surface area (Å²) < 4.78 is 7.64. The molecule has 8 rings (SSSR count). The zero-order valence-electron chi connectivity index (χ0n) is 24.5. The van der Waals surface area contributed by atoms with Crippen LogP contribution in [-0.4, -0.2) is 17.3 Å². The maximum atomic E-state index is 9.20. The van der Waals surface area contributed by atoms with Crippen molar-refractivity contribution in [3.8, 4) is 22.6 Å². The molecule has 0 spiro atoms. The second-order valence-corrected chi connectivity index (χ2v) is 11.1. The molecule has 0 radical (unpaired) electrons. The Morgan fingerprint density at radius 2 is 1.11 bits per heavy atom. The Balaban J connectivity index is 1.21. The molecule has 0 bridgehead atoms. The number of hydrogen-bond acceptors (Lipinski definition) is 3. The Morgan fingerprint density at radius 1 is 0.489 bits per heavy atom. The van der Waals surface area contributed by atoms with Crippen molar-refractivity contribution in [2.45, 2.75) is 0 Å². The zero-order chi connectivity index (χ0) is 30.2. The van der Waals surface area contributed by atoms with Gasteiger partial charge in [0.05, 0.1) is 11.0 Å². The minimum absolute atomic E-state index is 0.353. The molecule has 7 aromatic carbocycles. The molecule has 0 atom stereocenters. The standard InChI is InChI=1S/C40H29BN2O2/c44-41-45-36-23-21-34(22-24-36)42(35-20-16-28-8-4-5-9-30(28)26-35)33-18-14-29(15-19-33)31-17-25-40-38(27-31)37-12-6-7-13-39(37)43(40)32-10-2-1-3-11-32/h1-27,41,44H. The first-order valence-electron chi connectivity index (χ1n) is 15.1. The molecule has 1 aromatic heterocycles. The summed E-state index contributed by atoms with van der Waals surface area (Å²) in [6.07, 6.45) is 0. The van der Waals surface area contributed by atoms with Crippen LogP contribution >= 0.6 is 0 Å². The third-order valence-electron chi connectivity index (χ3n) is 8.46. The maximum Gasteiger partial charge on any atom is 0.504 e. The second-order valence-electron chi connectivity index (χ2n) is 11.1. The monoisotopic (exact) mass is 580 g/mol. The van der Waals surface area contributed by atoms with Crippen LogP contribution in [0.5, 0.6) is 5.75 Å². The van der Waals surface area contributed by atoms with Gasteiger partial charge in [-0.05, 0) is 101 Å². The molecule has 0 amide bonds. The summed E-state index contributed by atoms with van der Waals surface area (Å²) >= 11 is 0. The smallest absolute Gasteiger partial charge is 0.504 e. The van der Waals surface area contributed by atoms with Crippen LogP contribution in [0.15, 0.2) is 164 Å². The first-order chi connectivity index (χ1) is 22.3. The molecule has 5 heteroatoms. The molecule has 0 unspecified atom stereocenters. The van der Waals surface area contributed by atoms with Gasteiger partial charge in [0.2, 0.25) is 0 Å². The summed E-state index contributed by atoms with van der Waals surface area (Å²) in [6.45, 7) is 0. The van der Waals surface area contributed by atoms with Gasteiger partial charge in [0.1, 0.15) is 5.75 Å². The van der Waals surface area contributed by atoms with E-state index in [9.17, 15) is 5.02 Å². The lowest BCUT2D eigenvalue weighted by Gasteiger charge is -2.26. The lowest BCUT2D eigenvalue weighted by atomic mass is 10.0. The lowest BCUT2D eigenvalue weighted by molar-refractivity contribution is 0.454. The van der Waals surface area contributed by atoms with Crippen LogP contribution in [0, 0.1) is 0 Å². The quantitative estimate of drug-likeness (QED) is 0.191. The molecule has 214 valence electrons. The molecule has 0 fully saturated rings. The van der Waals surface area contributed by atoms with E-state index in [0.29, 0.717) is 5.75 Å². The van der Waals surface area contributed by atoms with Crippen LogP contribution in [0.25, 0.3) is 49.4 Å². The predicted octanol–water partition coefficient (Wildman–Crippen LogP) is 9.71. The highest BCUT2D eigenvalue weighted by Crippen LogP contribution is 2.39. The summed E-state index contributed by atoms with van der Waals surface area (Å²) in [5.74, 6) is 0.624. The van der Waals surface area contributed by atoms with Crippen LogP contribution < -0.4 is 9.55 Å². The summed E-state index contributed by atoms with van der Waals surface area (Å²) in [4.78, 5) is 2.25. The number of anilines is 3. The van der Waals surface area contributed by atoms with Crippen molar-refractivity contribution in [3.63, 3.8) is 0 Å². The van der Waals surface area contributed by atoms with Crippen molar-refractivity contribution >= 4 is 57.3 Å². The van der Waals surface area contributed by atoms with Crippen molar-refractivity contribution < 1.29 is 9.68 Å². The van der Waals surface area contributed by atoms with Crippen molar-refractivity contribution in [1.29, 1.82) is 0 Å². The molecular formula is C40H29BN2O2. The Kier molecular flexibility index (Phi) is 6.78. The maximum absolute atomic E-state index is 9.20. The van der Waals surface area contributed by atoms with Gasteiger partial charge in [0.25, 0.3) is 0 Å². The van der Waals surface area contributed by atoms with E-state index in [2.05, 4.69) is 149 Å². The number of rotatable bonds is 7. The summed E-state index contributed by atoms with van der Waals surface area (Å²) in [5.41, 5.74) is 8.99. The molecule has 0 saturated carbocycles. The minimum Gasteiger partial charge on any atom is -0.539 e. The number of nitrogens with zero attached hydrogens (tertiary/aromatic N) is 2. The molecule has 1 N–H and O–H groups in total. The molecule has 4 nitrogen and oxygen atoms in total. The predicted molar refractivity (Wildman–Crippen MR) is 188 cm³/mol. The third kappa shape index (κ3) is 4.90. The van der Waals surface area contributed by atoms with Crippen LogP contribution in [0.1, 0.15) is 0 Å². The van der Waals surface area contributed by atoms with Gasteiger partial charge < -0.3 is 19.1 Å². The molecule has 0 aliphatic heterocycles. The first-order valence-corrected chi connectivity index (χ1v) is 15.1. The average Bonchev–Trinajstić information content (AvgIpc) is 3.44.